The SMILES string of the molecule is CO/N=C\[C@H](O[Si](C)(C)C)[C@@H](O[Si](C)(C)C)[C@@H](O[Si](C)(C)C)[C@@H](C)O[Si](C)(C)C. The van der Waals surface area contributed by atoms with Gasteiger partial charge in [-0.2, -0.15) is 0 Å². The van der Waals surface area contributed by atoms with E-state index in [1.165, 1.54) is 0 Å². The first-order valence-electron chi connectivity index (χ1n) is 10.5. The highest BCUT2D eigenvalue weighted by molar-refractivity contribution is 6.71. The summed E-state index contributed by atoms with van der Waals surface area (Å²) in [5.41, 5.74) is 0. The summed E-state index contributed by atoms with van der Waals surface area (Å²) in [5, 5.41) is 4.05. The Labute approximate surface area is 184 Å². The molecular weight excluding hydrogens is 435 g/mol. The van der Waals surface area contributed by atoms with Crippen LogP contribution < -0.4 is 0 Å². The summed E-state index contributed by atoms with van der Waals surface area (Å²) in [5.74, 6) is 0. The molecule has 0 spiro atoms. The lowest BCUT2D eigenvalue weighted by molar-refractivity contribution is -0.0560. The van der Waals surface area contributed by atoms with E-state index in [9.17, 15) is 0 Å². The third-order valence-electron chi connectivity index (χ3n) is 3.43. The maximum Gasteiger partial charge on any atom is 0.184 e. The van der Waals surface area contributed by atoms with E-state index >= 15 is 0 Å². The summed E-state index contributed by atoms with van der Waals surface area (Å²) in [7, 11) is -5.90. The fourth-order valence-corrected chi connectivity index (χ4v) is 7.39. The molecule has 0 aliphatic carbocycles. The monoisotopic (exact) mass is 481 g/mol. The second-order valence-corrected chi connectivity index (χ2v) is 29.3. The van der Waals surface area contributed by atoms with Crippen LogP contribution in [0.2, 0.25) is 78.6 Å². The molecule has 0 saturated heterocycles. The molecule has 0 amide bonds. The molecule has 0 aromatic carbocycles. The van der Waals surface area contributed by atoms with Crippen LogP contribution in [0.15, 0.2) is 5.16 Å². The van der Waals surface area contributed by atoms with E-state index in [1.54, 1.807) is 13.3 Å². The Kier molecular flexibility index (Phi) is 11.2. The van der Waals surface area contributed by atoms with Crippen molar-refractivity contribution in [2.24, 2.45) is 5.16 Å². The van der Waals surface area contributed by atoms with Crippen LogP contribution in [0, 0.1) is 0 Å². The Balaban J connectivity index is 6.26. The Hall–Kier alpha value is 0.178. The minimum Gasteiger partial charge on any atom is -0.412 e. The first kappa shape index (κ1) is 29.2. The second-order valence-electron chi connectivity index (χ2n) is 11.5. The average Bonchev–Trinajstić information content (AvgIpc) is 2.42. The molecule has 0 saturated carbocycles. The van der Waals surface area contributed by atoms with E-state index in [0.29, 0.717) is 0 Å². The Morgan fingerprint density at radius 3 is 1.31 bits per heavy atom. The van der Waals surface area contributed by atoms with E-state index in [0.717, 1.165) is 0 Å². The van der Waals surface area contributed by atoms with Gasteiger partial charge in [0.05, 0.1) is 18.4 Å². The van der Waals surface area contributed by atoms with Gasteiger partial charge in [0.15, 0.2) is 33.3 Å². The van der Waals surface area contributed by atoms with Crippen LogP contribution in [0.4, 0.5) is 0 Å². The van der Waals surface area contributed by atoms with E-state index in [1.807, 2.05) is 0 Å². The van der Waals surface area contributed by atoms with Crippen molar-refractivity contribution < 1.29 is 22.5 Å². The Bertz CT molecular complexity index is 507. The van der Waals surface area contributed by atoms with Crippen molar-refractivity contribution in [2.75, 3.05) is 7.11 Å². The molecule has 0 aliphatic rings. The van der Waals surface area contributed by atoms with Crippen molar-refractivity contribution in [1.82, 2.24) is 0 Å². The van der Waals surface area contributed by atoms with Crippen molar-refractivity contribution in [3.05, 3.63) is 0 Å². The summed E-state index contributed by atoms with van der Waals surface area (Å²) in [6, 6.07) is 0. The summed E-state index contributed by atoms with van der Waals surface area (Å²) < 4.78 is 26.4. The highest BCUT2D eigenvalue weighted by Crippen LogP contribution is 2.27. The zero-order valence-corrected chi connectivity index (χ0v) is 25.4. The molecule has 0 bridgehead atoms. The van der Waals surface area contributed by atoms with Gasteiger partial charge in [0.2, 0.25) is 0 Å². The molecule has 29 heavy (non-hydrogen) atoms. The number of oxime groups is 1. The molecule has 0 radical (unpaired) electrons. The average molecular weight is 482 g/mol. The van der Waals surface area contributed by atoms with Crippen LogP contribution in [0.3, 0.4) is 0 Å². The van der Waals surface area contributed by atoms with Gasteiger partial charge in [-0.05, 0) is 85.5 Å². The predicted octanol–water partition coefficient (Wildman–Crippen LogP) is 5.52. The van der Waals surface area contributed by atoms with Gasteiger partial charge in [0, 0.05) is 0 Å². The van der Waals surface area contributed by atoms with E-state index in [2.05, 4.69) is 90.6 Å². The summed E-state index contributed by atoms with van der Waals surface area (Å²) >= 11 is 0. The molecule has 0 aliphatic heterocycles. The van der Waals surface area contributed by atoms with Crippen molar-refractivity contribution in [3.63, 3.8) is 0 Å². The molecule has 6 nitrogen and oxygen atoms in total. The summed E-state index contributed by atoms with van der Waals surface area (Å²) in [6.07, 6.45) is 0.696. The maximum atomic E-state index is 6.71. The van der Waals surface area contributed by atoms with Gasteiger partial charge in [-0.1, -0.05) is 5.16 Å². The zero-order chi connectivity index (χ0) is 23.3. The fraction of sp³-hybridized carbons (Fsp3) is 0.947. The van der Waals surface area contributed by atoms with Crippen LogP contribution in [0.25, 0.3) is 0 Å². The Morgan fingerprint density at radius 2 is 0.966 bits per heavy atom. The molecule has 0 aromatic heterocycles. The lowest BCUT2D eigenvalue weighted by Crippen LogP contribution is -2.58. The molecule has 0 rings (SSSR count). The third-order valence-corrected chi connectivity index (χ3v) is 7.45. The number of nitrogens with zero attached hydrogens (tertiary/aromatic N) is 1. The maximum absolute atomic E-state index is 6.71. The van der Waals surface area contributed by atoms with E-state index in [4.69, 9.17) is 22.5 Å². The zero-order valence-electron chi connectivity index (χ0n) is 21.4. The smallest absolute Gasteiger partial charge is 0.184 e. The standard InChI is InChI=1S/C19H47NO5Si4/c1-16(22-26(3,4)5)18(24-28(9,10)11)19(25-29(12,13)14)17(15-20-21-2)23-27(6,7)8/h15-19H,1-14H3/b20-15-/t16-,17+,18+,19-/m1/s1. The fourth-order valence-electron chi connectivity index (χ4n) is 2.90. The molecular formula is C19H47NO5Si4. The summed E-state index contributed by atoms with van der Waals surface area (Å²) in [4.78, 5) is 4.99. The minimum absolute atomic E-state index is 0.113. The highest BCUT2D eigenvalue weighted by atomic mass is 28.4. The van der Waals surface area contributed by atoms with Crippen molar-refractivity contribution in [1.29, 1.82) is 0 Å². The first-order chi connectivity index (χ1) is 12.7. The number of hydrogen-bond donors (Lipinski definition) is 0. The van der Waals surface area contributed by atoms with Gasteiger partial charge in [-0.25, -0.2) is 0 Å². The quantitative estimate of drug-likeness (QED) is 0.197. The largest absolute Gasteiger partial charge is 0.412 e. The molecule has 10 heteroatoms. The molecule has 0 unspecified atom stereocenters. The van der Waals surface area contributed by atoms with Gasteiger partial charge in [-0.15, -0.1) is 0 Å². The third kappa shape index (κ3) is 14.8. The van der Waals surface area contributed by atoms with E-state index in [-0.39, 0.29) is 24.4 Å². The van der Waals surface area contributed by atoms with Gasteiger partial charge in [0.1, 0.15) is 19.3 Å². The van der Waals surface area contributed by atoms with Gasteiger partial charge in [-0.3, -0.25) is 0 Å². The summed E-state index contributed by atoms with van der Waals surface area (Å²) in [6.45, 7) is 28.4. The minimum atomic E-state index is -1.92. The predicted molar refractivity (Wildman–Crippen MR) is 134 cm³/mol. The molecule has 0 N–H and O–H groups in total. The van der Waals surface area contributed by atoms with Crippen LogP contribution in [-0.2, 0) is 22.5 Å². The number of rotatable bonds is 13. The first-order valence-corrected chi connectivity index (χ1v) is 24.2. The van der Waals surface area contributed by atoms with Crippen LogP contribution >= 0.6 is 0 Å². The molecule has 0 aromatic rings. The van der Waals surface area contributed by atoms with Crippen molar-refractivity contribution >= 4 is 39.5 Å². The van der Waals surface area contributed by atoms with Crippen LogP contribution in [0.1, 0.15) is 6.92 Å². The Morgan fingerprint density at radius 1 is 0.586 bits per heavy atom. The lowest BCUT2D eigenvalue weighted by Gasteiger charge is -2.43. The molecule has 174 valence electrons. The number of hydrogen-bond acceptors (Lipinski definition) is 6. The topological polar surface area (TPSA) is 58.5 Å². The van der Waals surface area contributed by atoms with Crippen LogP contribution in [0.5, 0.6) is 0 Å². The highest BCUT2D eigenvalue weighted by Gasteiger charge is 2.42. The van der Waals surface area contributed by atoms with Gasteiger partial charge in [0.25, 0.3) is 0 Å². The molecule has 4 atom stereocenters. The van der Waals surface area contributed by atoms with E-state index < -0.39 is 33.3 Å². The van der Waals surface area contributed by atoms with Gasteiger partial charge < -0.3 is 22.5 Å². The normalized spacial score (nSPS) is 18.6. The van der Waals surface area contributed by atoms with Gasteiger partial charge >= 0.3 is 0 Å². The lowest BCUT2D eigenvalue weighted by atomic mass is 10.1. The molecule has 0 heterocycles. The van der Waals surface area contributed by atoms with Crippen molar-refractivity contribution in [2.45, 2.75) is 110 Å². The van der Waals surface area contributed by atoms with Crippen LogP contribution in [-0.4, -0.2) is 71.0 Å². The second kappa shape index (κ2) is 11.2. The van der Waals surface area contributed by atoms with Crippen molar-refractivity contribution in [3.8, 4) is 0 Å². The molecule has 0 fully saturated rings.